The molecule has 14 heteroatoms. The summed E-state index contributed by atoms with van der Waals surface area (Å²) in [6.07, 6.45) is 0.0781. The molecule has 4 amide bonds. The normalized spacial score (nSPS) is 14.5. The lowest BCUT2D eigenvalue weighted by molar-refractivity contribution is -0.147. The number of nitrogens with one attached hydrogen (secondary N) is 3. The van der Waals surface area contributed by atoms with Gasteiger partial charge in [-0.05, 0) is 25.3 Å². The zero-order chi connectivity index (χ0) is 25.7. The molecule has 0 radical (unpaired) electrons. The summed E-state index contributed by atoms with van der Waals surface area (Å²) in [5, 5.41) is 24.6. The molecule has 0 fully saturated rings. The smallest absolute Gasteiger partial charge is 0.326 e. The fourth-order valence-electron chi connectivity index (χ4n) is 2.75. The Kier molecular flexibility index (Phi) is 13.3. The molecule has 4 atom stereocenters. The quantitative estimate of drug-likeness (QED) is 0.105. The number of hydrogen-bond acceptors (Lipinski definition) is 8. The molecular formula is C19H34N6O8. The molecule has 0 saturated carbocycles. The summed E-state index contributed by atoms with van der Waals surface area (Å²) in [5.41, 5.74) is 16.3. The summed E-state index contributed by atoms with van der Waals surface area (Å²) < 4.78 is 0. The van der Waals surface area contributed by atoms with Crippen molar-refractivity contribution in [2.75, 3.05) is 6.54 Å². The van der Waals surface area contributed by atoms with E-state index in [1.54, 1.807) is 13.8 Å². The van der Waals surface area contributed by atoms with E-state index >= 15 is 0 Å². The van der Waals surface area contributed by atoms with E-state index in [1.165, 1.54) is 0 Å². The highest BCUT2D eigenvalue weighted by molar-refractivity contribution is 5.96. The van der Waals surface area contributed by atoms with Gasteiger partial charge in [0.1, 0.15) is 18.1 Å². The van der Waals surface area contributed by atoms with E-state index in [0.29, 0.717) is 25.8 Å². The van der Waals surface area contributed by atoms with Crippen LogP contribution in [0, 0.1) is 5.92 Å². The minimum atomic E-state index is -1.72. The van der Waals surface area contributed by atoms with Crippen LogP contribution < -0.4 is 33.2 Å². The minimum Gasteiger partial charge on any atom is -0.481 e. The average Bonchev–Trinajstić information content (AvgIpc) is 2.69. The molecule has 33 heavy (non-hydrogen) atoms. The topological polar surface area (TPSA) is 257 Å². The van der Waals surface area contributed by atoms with E-state index in [9.17, 15) is 28.8 Å². The maximum atomic E-state index is 12.7. The lowest BCUT2D eigenvalue weighted by Gasteiger charge is -2.26. The number of aliphatic carboxylic acids is 2. The van der Waals surface area contributed by atoms with Gasteiger partial charge in [0.15, 0.2) is 0 Å². The van der Waals surface area contributed by atoms with Gasteiger partial charge in [0.05, 0.1) is 18.9 Å². The Balaban J connectivity index is 5.38. The third-order valence-corrected chi connectivity index (χ3v) is 4.58. The Labute approximate surface area is 191 Å². The first kappa shape index (κ1) is 29.7. The largest absolute Gasteiger partial charge is 0.481 e. The zero-order valence-corrected chi connectivity index (χ0v) is 18.7. The third kappa shape index (κ3) is 11.8. The molecule has 0 aromatic rings. The van der Waals surface area contributed by atoms with Gasteiger partial charge in [-0.1, -0.05) is 20.3 Å². The first-order valence-electron chi connectivity index (χ1n) is 10.4. The Hall–Kier alpha value is -3.26. The molecule has 0 saturated heterocycles. The number of carboxylic acid groups (broad SMARTS) is 2. The number of rotatable bonds is 16. The fraction of sp³-hybridized carbons (Fsp3) is 0.684. The predicted octanol–water partition coefficient (Wildman–Crippen LogP) is -3.01. The minimum absolute atomic E-state index is 0.297. The molecule has 0 spiro atoms. The monoisotopic (exact) mass is 474 g/mol. The predicted molar refractivity (Wildman–Crippen MR) is 115 cm³/mol. The number of carboxylic acids is 2. The van der Waals surface area contributed by atoms with Crippen molar-refractivity contribution in [2.24, 2.45) is 23.1 Å². The van der Waals surface area contributed by atoms with E-state index < -0.39 is 78.5 Å². The summed E-state index contributed by atoms with van der Waals surface area (Å²) in [6.45, 7) is 3.52. The van der Waals surface area contributed by atoms with Crippen LogP contribution >= 0.6 is 0 Å². The zero-order valence-electron chi connectivity index (χ0n) is 18.7. The standard InChI is InChI=1S/C19H34N6O8/c1-9(2)15(18(31)24-12(19(32)33)8-14(27)28)25-17(30)11(7-13(22)26)23-16(29)10(21)5-3-4-6-20/h9-12,15H,3-8,20-21H2,1-2H3,(H2,22,26)(H,23,29)(H,24,31)(H,25,30)(H,27,28)(H,32,33). The van der Waals surface area contributed by atoms with Crippen molar-refractivity contribution in [2.45, 2.75) is 70.1 Å². The SMILES string of the molecule is CC(C)C(NC(=O)C(CC(N)=O)NC(=O)C(N)CCCCN)C(=O)NC(CC(=O)O)C(=O)O. The third-order valence-electron chi connectivity index (χ3n) is 4.58. The highest BCUT2D eigenvalue weighted by atomic mass is 16.4. The second-order valence-corrected chi connectivity index (χ2v) is 7.85. The number of carbonyl (C=O) groups excluding carboxylic acids is 4. The van der Waals surface area contributed by atoms with Crippen molar-refractivity contribution in [3.05, 3.63) is 0 Å². The molecule has 11 N–H and O–H groups in total. The number of carbonyl (C=O) groups is 6. The molecule has 0 aromatic carbocycles. The van der Waals surface area contributed by atoms with Gasteiger partial charge in [-0.15, -0.1) is 0 Å². The van der Waals surface area contributed by atoms with Gasteiger partial charge in [0, 0.05) is 0 Å². The number of unbranched alkanes of at least 4 members (excludes halogenated alkanes) is 1. The molecule has 0 aliphatic heterocycles. The lowest BCUT2D eigenvalue weighted by atomic mass is 10.0. The van der Waals surface area contributed by atoms with Crippen molar-refractivity contribution < 1.29 is 39.0 Å². The molecule has 0 aromatic heterocycles. The van der Waals surface area contributed by atoms with Crippen molar-refractivity contribution in [1.82, 2.24) is 16.0 Å². The van der Waals surface area contributed by atoms with Crippen LogP contribution in [0.15, 0.2) is 0 Å². The molecule has 14 nitrogen and oxygen atoms in total. The van der Waals surface area contributed by atoms with Crippen LogP contribution in [0.3, 0.4) is 0 Å². The van der Waals surface area contributed by atoms with Gasteiger partial charge in [0.25, 0.3) is 0 Å². The lowest BCUT2D eigenvalue weighted by Crippen LogP contribution is -2.59. The first-order chi connectivity index (χ1) is 15.3. The summed E-state index contributed by atoms with van der Waals surface area (Å²) in [7, 11) is 0. The van der Waals surface area contributed by atoms with Crippen molar-refractivity contribution in [1.29, 1.82) is 0 Å². The van der Waals surface area contributed by atoms with Crippen LogP contribution in [0.5, 0.6) is 0 Å². The molecule has 0 rings (SSSR count). The Bertz CT molecular complexity index is 729. The first-order valence-corrected chi connectivity index (χ1v) is 10.4. The van der Waals surface area contributed by atoms with E-state index in [-0.39, 0.29) is 0 Å². The molecule has 0 heterocycles. The molecule has 0 bridgehead atoms. The van der Waals surface area contributed by atoms with Gasteiger partial charge in [0.2, 0.25) is 23.6 Å². The number of amides is 4. The van der Waals surface area contributed by atoms with E-state index in [0.717, 1.165) is 0 Å². The average molecular weight is 475 g/mol. The van der Waals surface area contributed by atoms with E-state index in [1.807, 2.05) is 0 Å². The van der Waals surface area contributed by atoms with Gasteiger partial charge >= 0.3 is 11.9 Å². The molecule has 0 aliphatic carbocycles. The molecule has 0 aliphatic rings. The van der Waals surface area contributed by atoms with Crippen LogP contribution in [0.2, 0.25) is 0 Å². The summed E-state index contributed by atoms with van der Waals surface area (Å²) in [4.78, 5) is 71.0. The Morgan fingerprint density at radius 3 is 1.85 bits per heavy atom. The van der Waals surface area contributed by atoms with E-state index in [4.69, 9.17) is 27.4 Å². The number of nitrogens with two attached hydrogens (primary N) is 3. The van der Waals surface area contributed by atoms with Crippen LogP contribution in [-0.2, 0) is 28.8 Å². The van der Waals surface area contributed by atoms with E-state index in [2.05, 4.69) is 16.0 Å². The second-order valence-electron chi connectivity index (χ2n) is 7.85. The van der Waals surface area contributed by atoms with Crippen LogP contribution in [0.1, 0.15) is 46.0 Å². The molecule has 188 valence electrons. The summed E-state index contributed by atoms with van der Waals surface area (Å²) in [5.74, 6) is -7.04. The van der Waals surface area contributed by atoms with Crippen molar-refractivity contribution >= 4 is 35.6 Å². The number of primary amides is 1. The molecule has 4 unspecified atom stereocenters. The van der Waals surface area contributed by atoms with Crippen LogP contribution in [0.25, 0.3) is 0 Å². The van der Waals surface area contributed by atoms with Gasteiger partial charge < -0.3 is 43.4 Å². The maximum Gasteiger partial charge on any atom is 0.326 e. The summed E-state index contributed by atoms with van der Waals surface area (Å²) in [6, 6.07) is -5.41. The van der Waals surface area contributed by atoms with Gasteiger partial charge in [-0.3, -0.25) is 24.0 Å². The Morgan fingerprint density at radius 2 is 1.39 bits per heavy atom. The van der Waals surface area contributed by atoms with Crippen LogP contribution in [0.4, 0.5) is 0 Å². The van der Waals surface area contributed by atoms with Crippen molar-refractivity contribution in [3.63, 3.8) is 0 Å². The number of hydrogen-bond donors (Lipinski definition) is 8. The van der Waals surface area contributed by atoms with Crippen molar-refractivity contribution in [3.8, 4) is 0 Å². The maximum absolute atomic E-state index is 12.7. The highest BCUT2D eigenvalue weighted by Gasteiger charge is 2.33. The second kappa shape index (κ2) is 14.7. The molecular weight excluding hydrogens is 440 g/mol. The highest BCUT2D eigenvalue weighted by Crippen LogP contribution is 2.06. The Morgan fingerprint density at radius 1 is 0.818 bits per heavy atom. The fourth-order valence-corrected chi connectivity index (χ4v) is 2.75. The van der Waals surface area contributed by atoms with Crippen LogP contribution in [-0.4, -0.2) is 76.5 Å². The van der Waals surface area contributed by atoms with Gasteiger partial charge in [-0.2, -0.15) is 0 Å². The van der Waals surface area contributed by atoms with Gasteiger partial charge in [-0.25, -0.2) is 4.79 Å². The summed E-state index contributed by atoms with van der Waals surface area (Å²) >= 11 is 0.